The molecule has 1 aliphatic rings. The van der Waals surface area contributed by atoms with Gasteiger partial charge in [-0.2, -0.15) is 0 Å². The molecule has 0 radical (unpaired) electrons. The zero-order chi connectivity index (χ0) is 42.9. The van der Waals surface area contributed by atoms with Crippen LogP contribution in [-0.4, -0.2) is 63.6 Å². The van der Waals surface area contributed by atoms with Crippen molar-refractivity contribution in [2.75, 3.05) is 19.8 Å². The summed E-state index contributed by atoms with van der Waals surface area (Å²) in [5.74, 6) is -0.868. The second-order valence-electron chi connectivity index (χ2n) is 14.2. The van der Waals surface area contributed by atoms with Crippen LogP contribution in [0.15, 0.2) is 97.1 Å². The SMILES string of the molecule is CCCCCCCCCCCCO[C@@]1(COc2ccc([N+](=O)[O-])cc2)O[C@H](COc2ccc([N+](=O)[O-])cc2)[C@@H](Oc2ccc([N+](=O)[O-])cc2)[C@@H]1Oc1ccc([N+](=O)[O-])cc1. The minimum Gasteiger partial charge on any atom is -0.491 e. The summed E-state index contributed by atoms with van der Waals surface area (Å²) >= 11 is 0. The fraction of sp³-hybridized carbons (Fsp3) is 0.429. The lowest BCUT2D eigenvalue weighted by molar-refractivity contribution is -0.385. The molecule has 0 aromatic heterocycles. The molecule has 1 saturated heterocycles. The topological polar surface area (TPSA) is 228 Å². The summed E-state index contributed by atoms with van der Waals surface area (Å²) in [6.45, 7) is 1.82. The highest BCUT2D eigenvalue weighted by Gasteiger charge is 2.61. The van der Waals surface area contributed by atoms with E-state index in [0.717, 1.165) is 25.7 Å². The molecule has 0 amide bonds. The van der Waals surface area contributed by atoms with Crippen LogP contribution in [-0.2, 0) is 9.47 Å². The number of non-ortho nitro benzene ring substituents is 4. The van der Waals surface area contributed by atoms with Gasteiger partial charge in [0.1, 0.15) is 42.3 Å². The van der Waals surface area contributed by atoms with Gasteiger partial charge in [-0.3, -0.25) is 40.5 Å². The summed E-state index contributed by atoms with van der Waals surface area (Å²) in [6, 6.07) is 21.6. The van der Waals surface area contributed by atoms with Gasteiger partial charge >= 0.3 is 0 Å². The predicted molar refractivity (Wildman–Crippen MR) is 218 cm³/mol. The average Bonchev–Trinajstić information content (AvgIpc) is 3.52. The summed E-state index contributed by atoms with van der Waals surface area (Å²) in [5, 5.41) is 45.6. The van der Waals surface area contributed by atoms with E-state index in [1.807, 2.05) is 0 Å². The summed E-state index contributed by atoms with van der Waals surface area (Å²) in [6.07, 6.45) is 7.47. The third-order valence-corrected chi connectivity index (χ3v) is 9.87. The lowest BCUT2D eigenvalue weighted by Gasteiger charge is -2.35. The summed E-state index contributed by atoms with van der Waals surface area (Å²) in [7, 11) is 0. The van der Waals surface area contributed by atoms with Crippen LogP contribution in [0, 0.1) is 40.5 Å². The number of nitro benzene ring substituents is 4. The Labute approximate surface area is 345 Å². The van der Waals surface area contributed by atoms with Gasteiger partial charge in [-0.25, -0.2) is 0 Å². The summed E-state index contributed by atoms with van der Waals surface area (Å²) in [4.78, 5) is 43.4. The van der Waals surface area contributed by atoms with Gasteiger partial charge in [0.25, 0.3) is 22.7 Å². The fourth-order valence-corrected chi connectivity index (χ4v) is 6.65. The van der Waals surface area contributed by atoms with E-state index in [0.29, 0.717) is 6.42 Å². The maximum atomic E-state index is 11.5. The smallest absolute Gasteiger partial charge is 0.269 e. The largest absolute Gasteiger partial charge is 0.491 e. The van der Waals surface area contributed by atoms with E-state index < -0.39 is 43.8 Å². The van der Waals surface area contributed by atoms with E-state index in [2.05, 4.69) is 6.92 Å². The maximum absolute atomic E-state index is 11.5. The van der Waals surface area contributed by atoms with Gasteiger partial charge in [-0.15, -0.1) is 0 Å². The van der Waals surface area contributed by atoms with E-state index in [9.17, 15) is 40.5 Å². The van der Waals surface area contributed by atoms with Crippen molar-refractivity contribution in [2.45, 2.75) is 95.2 Å². The first-order chi connectivity index (χ1) is 29.0. The fourth-order valence-electron chi connectivity index (χ4n) is 6.65. The number of hydrogen-bond acceptors (Lipinski definition) is 14. The number of benzene rings is 4. The normalized spacial score (nSPS) is 18.4. The van der Waals surface area contributed by atoms with Crippen LogP contribution < -0.4 is 18.9 Å². The Morgan fingerprint density at radius 3 is 1.33 bits per heavy atom. The van der Waals surface area contributed by atoms with Crippen molar-refractivity contribution in [3.63, 3.8) is 0 Å². The van der Waals surface area contributed by atoms with E-state index >= 15 is 0 Å². The Hall–Kier alpha value is -6.40. The Bertz CT molecular complexity index is 2000. The Kier molecular flexibility index (Phi) is 16.5. The number of unbranched alkanes of at least 4 members (excludes halogenated alkanes) is 9. The van der Waals surface area contributed by atoms with Crippen molar-refractivity contribution in [1.29, 1.82) is 0 Å². The molecule has 4 atom stereocenters. The van der Waals surface area contributed by atoms with Crippen molar-refractivity contribution < 1.29 is 48.1 Å². The van der Waals surface area contributed by atoms with Crippen LogP contribution in [0.3, 0.4) is 0 Å². The average molecular weight is 833 g/mol. The summed E-state index contributed by atoms with van der Waals surface area (Å²) < 4.78 is 38.8. The van der Waals surface area contributed by atoms with Crippen molar-refractivity contribution in [2.24, 2.45) is 0 Å². The first-order valence-corrected chi connectivity index (χ1v) is 19.9. The highest BCUT2D eigenvalue weighted by Crippen LogP contribution is 2.40. The summed E-state index contributed by atoms with van der Waals surface area (Å²) in [5.41, 5.74) is -0.639. The van der Waals surface area contributed by atoms with Gasteiger partial charge in [-0.1, -0.05) is 64.7 Å². The molecule has 0 N–H and O–H groups in total. The quantitative estimate of drug-likeness (QED) is 0.0326. The monoisotopic (exact) mass is 832 g/mol. The molecule has 1 aliphatic heterocycles. The van der Waals surface area contributed by atoms with Gasteiger partial charge in [0, 0.05) is 48.5 Å². The molecule has 4 aromatic rings. The highest BCUT2D eigenvalue weighted by molar-refractivity contribution is 5.39. The van der Waals surface area contributed by atoms with Gasteiger partial charge in [0.15, 0.2) is 12.2 Å². The minimum absolute atomic E-state index is 0.141. The van der Waals surface area contributed by atoms with Crippen molar-refractivity contribution in [1.82, 2.24) is 0 Å². The van der Waals surface area contributed by atoms with Gasteiger partial charge < -0.3 is 28.4 Å². The Morgan fingerprint density at radius 2 is 0.900 bits per heavy atom. The molecule has 1 heterocycles. The second-order valence-corrected chi connectivity index (χ2v) is 14.2. The molecule has 4 aromatic carbocycles. The van der Waals surface area contributed by atoms with Crippen LogP contribution in [0.4, 0.5) is 22.7 Å². The third-order valence-electron chi connectivity index (χ3n) is 9.87. The molecule has 0 saturated carbocycles. The molecule has 60 heavy (non-hydrogen) atoms. The minimum atomic E-state index is -1.78. The van der Waals surface area contributed by atoms with Crippen molar-refractivity contribution in [3.05, 3.63) is 138 Å². The van der Waals surface area contributed by atoms with Gasteiger partial charge in [0.05, 0.1) is 26.3 Å². The van der Waals surface area contributed by atoms with Crippen LogP contribution in [0.5, 0.6) is 23.0 Å². The molecule has 18 nitrogen and oxygen atoms in total. The highest BCUT2D eigenvalue weighted by atomic mass is 16.8. The number of nitro groups is 4. The van der Waals surface area contributed by atoms with E-state index in [4.69, 9.17) is 28.4 Å². The molecule has 5 rings (SSSR count). The molecular weight excluding hydrogens is 784 g/mol. The zero-order valence-electron chi connectivity index (χ0n) is 33.2. The molecule has 0 spiro atoms. The Balaban J connectivity index is 1.47. The standard InChI is InChI=1S/C42H48N4O14/c1-2-3-4-5-6-7-8-9-10-11-28-57-42(30-56-36-22-14-32(15-23-36)44(49)50)41(59-38-26-18-34(19-27-38)46(53)54)40(58-37-24-16-33(17-25-37)45(51)52)39(60-42)29-55-35-20-12-31(13-21-35)43(47)48/h12-27,39-41H,2-11,28-30H2,1H3/t39-,40-,41+,42+/m1/s1. The molecule has 18 heteroatoms. The van der Waals surface area contributed by atoms with Gasteiger partial charge in [-0.05, 0) is 55.0 Å². The van der Waals surface area contributed by atoms with Crippen LogP contribution >= 0.6 is 0 Å². The van der Waals surface area contributed by atoms with Crippen LogP contribution in [0.1, 0.15) is 71.1 Å². The Morgan fingerprint density at radius 1 is 0.517 bits per heavy atom. The van der Waals surface area contributed by atoms with E-state index in [1.54, 1.807) is 0 Å². The molecule has 0 unspecified atom stereocenters. The van der Waals surface area contributed by atoms with Crippen LogP contribution in [0.2, 0.25) is 0 Å². The second kappa shape index (κ2) is 22.1. The third kappa shape index (κ3) is 12.8. The zero-order valence-corrected chi connectivity index (χ0v) is 33.2. The number of ether oxygens (including phenoxy) is 6. The van der Waals surface area contributed by atoms with Crippen molar-refractivity contribution in [3.8, 4) is 23.0 Å². The van der Waals surface area contributed by atoms with E-state index in [1.165, 1.54) is 129 Å². The number of hydrogen-bond donors (Lipinski definition) is 0. The maximum Gasteiger partial charge on any atom is 0.269 e. The molecule has 1 fully saturated rings. The molecular formula is C42H48N4O14. The molecule has 0 aliphatic carbocycles. The van der Waals surface area contributed by atoms with Crippen molar-refractivity contribution >= 4 is 22.7 Å². The number of rotatable bonds is 26. The molecule has 320 valence electrons. The first-order valence-electron chi connectivity index (χ1n) is 19.9. The predicted octanol–water partition coefficient (Wildman–Crippen LogP) is 9.71. The lowest BCUT2D eigenvalue weighted by atomic mass is 10.0. The lowest BCUT2D eigenvalue weighted by Crippen LogP contribution is -2.54. The first kappa shape index (κ1) is 44.7. The molecule has 0 bridgehead atoms. The van der Waals surface area contributed by atoms with Crippen LogP contribution in [0.25, 0.3) is 0 Å². The van der Waals surface area contributed by atoms with Gasteiger partial charge in [0.2, 0.25) is 5.79 Å². The number of nitrogens with zero attached hydrogens (tertiary/aromatic N) is 4. The van der Waals surface area contributed by atoms with E-state index in [-0.39, 0.29) is 65.6 Å².